The molecule has 2 atom stereocenters. The van der Waals surface area contributed by atoms with Crippen molar-refractivity contribution in [2.45, 2.75) is 25.6 Å². The zero-order valence-electron chi connectivity index (χ0n) is 12.3. The van der Waals surface area contributed by atoms with Crippen LogP contribution in [0.5, 0.6) is 5.75 Å². The van der Waals surface area contributed by atoms with Gasteiger partial charge in [0.25, 0.3) is 0 Å². The van der Waals surface area contributed by atoms with Gasteiger partial charge in [0.05, 0.1) is 7.11 Å². The third-order valence-electron chi connectivity index (χ3n) is 3.59. The number of nitrogens with two attached hydrogens (primary N) is 1. The van der Waals surface area contributed by atoms with Crippen molar-refractivity contribution in [1.29, 1.82) is 0 Å². The molecule has 0 fully saturated rings. The van der Waals surface area contributed by atoms with Crippen LogP contribution in [0, 0.1) is 0 Å². The molecule has 0 radical (unpaired) electrons. The van der Waals surface area contributed by atoms with Crippen LogP contribution >= 0.6 is 11.6 Å². The molecule has 0 aliphatic heterocycles. The number of hydrogen-bond acceptors (Lipinski definition) is 2. The third kappa shape index (κ3) is 4.21. The van der Waals surface area contributed by atoms with E-state index in [1.54, 1.807) is 7.11 Å². The summed E-state index contributed by atoms with van der Waals surface area (Å²) in [4.78, 5) is 0. The SMILES string of the molecule is COc1ccc(Cl)cc1C[NH2+][C@H](C)[C@@H](O)c1ccccc1. The molecule has 3 nitrogen and oxygen atoms in total. The van der Waals surface area contributed by atoms with Gasteiger partial charge >= 0.3 is 0 Å². The van der Waals surface area contributed by atoms with E-state index in [9.17, 15) is 5.11 Å². The van der Waals surface area contributed by atoms with E-state index in [0.717, 1.165) is 16.9 Å². The summed E-state index contributed by atoms with van der Waals surface area (Å²) in [5.41, 5.74) is 1.96. The van der Waals surface area contributed by atoms with Crippen LogP contribution in [-0.4, -0.2) is 18.3 Å². The standard InChI is InChI=1S/C17H20ClNO2/c1-12(17(20)13-6-4-3-5-7-13)19-11-14-10-15(18)8-9-16(14)21-2/h3-10,12,17,19-20H,11H2,1-2H3/p+1/t12-,17-/m1/s1. The Balaban J connectivity index is 2.01. The smallest absolute Gasteiger partial charge is 0.130 e. The van der Waals surface area contributed by atoms with E-state index in [-0.39, 0.29) is 6.04 Å². The zero-order chi connectivity index (χ0) is 15.2. The van der Waals surface area contributed by atoms with Crippen LogP contribution in [-0.2, 0) is 6.54 Å². The van der Waals surface area contributed by atoms with Gasteiger partial charge in [-0.15, -0.1) is 0 Å². The molecule has 0 amide bonds. The van der Waals surface area contributed by atoms with Crippen molar-refractivity contribution in [3.05, 3.63) is 64.7 Å². The summed E-state index contributed by atoms with van der Waals surface area (Å²) in [6.45, 7) is 2.71. The molecule has 0 aliphatic rings. The molecule has 0 spiro atoms. The number of quaternary nitrogens is 1. The van der Waals surface area contributed by atoms with Crippen molar-refractivity contribution in [3.8, 4) is 5.75 Å². The number of hydrogen-bond donors (Lipinski definition) is 2. The van der Waals surface area contributed by atoms with Gasteiger partial charge in [0.15, 0.2) is 0 Å². The maximum Gasteiger partial charge on any atom is 0.130 e. The molecule has 0 aromatic heterocycles. The van der Waals surface area contributed by atoms with Crippen LogP contribution in [0.25, 0.3) is 0 Å². The van der Waals surface area contributed by atoms with Crippen LogP contribution in [0.15, 0.2) is 48.5 Å². The third-order valence-corrected chi connectivity index (χ3v) is 3.83. The molecular weight excluding hydrogens is 286 g/mol. The largest absolute Gasteiger partial charge is 0.496 e. The Morgan fingerprint density at radius 2 is 1.90 bits per heavy atom. The Morgan fingerprint density at radius 1 is 1.19 bits per heavy atom. The highest BCUT2D eigenvalue weighted by molar-refractivity contribution is 6.30. The number of methoxy groups -OCH3 is 1. The Hall–Kier alpha value is -1.55. The van der Waals surface area contributed by atoms with Crippen molar-refractivity contribution < 1.29 is 15.2 Å². The fourth-order valence-electron chi connectivity index (χ4n) is 2.30. The van der Waals surface area contributed by atoms with Crippen LogP contribution < -0.4 is 10.1 Å². The lowest BCUT2D eigenvalue weighted by Gasteiger charge is -2.18. The number of benzene rings is 2. The predicted molar refractivity (Wildman–Crippen MR) is 84.5 cm³/mol. The average molecular weight is 307 g/mol. The van der Waals surface area contributed by atoms with Crippen LogP contribution in [0.1, 0.15) is 24.2 Å². The van der Waals surface area contributed by atoms with Crippen molar-refractivity contribution in [1.82, 2.24) is 0 Å². The van der Waals surface area contributed by atoms with Gasteiger partial charge < -0.3 is 15.2 Å². The van der Waals surface area contributed by atoms with E-state index >= 15 is 0 Å². The highest BCUT2D eigenvalue weighted by Crippen LogP contribution is 2.22. The first-order valence-electron chi connectivity index (χ1n) is 7.00. The summed E-state index contributed by atoms with van der Waals surface area (Å²) in [6.07, 6.45) is -0.503. The molecule has 0 saturated heterocycles. The lowest BCUT2D eigenvalue weighted by molar-refractivity contribution is -0.709. The van der Waals surface area contributed by atoms with Crippen molar-refractivity contribution >= 4 is 11.6 Å². The first kappa shape index (κ1) is 15.8. The van der Waals surface area contributed by atoms with Gasteiger partial charge in [0, 0.05) is 10.6 Å². The number of aliphatic hydroxyl groups excluding tert-OH is 1. The Labute approximate surface area is 130 Å². The molecule has 2 aromatic rings. The predicted octanol–water partition coefficient (Wildman–Crippen LogP) is 2.53. The van der Waals surface area contributed by atoms with E-state index in [2.05, 4.69) is 5.32 Å². The second-order valence-corrected chi connectivity index (χ2v) is 5.55. The molecule has 0 bridgehead atoms. The number of ether oxygens (including phenoxy) is 1. The zero-order valence-corrected chi connectivity index (χ0v) is 13.0. The van der Waals surface area contributed by atoms with Crippen LogP contribution in [0.4, 0.5) is 0 Å². The maximum atomic E-state index is 10.4. The van der Waals surface area contributed by atoms with Crippen LogP contribution in [0.3, 0.4) is 0 Å². The van der Waals surface area contributed by atoms with E-state index in [0.29, 0.717) is 11.6 Å². The van der Waals surface area contributed by atoms with Crippen molar-refractivity contribution in [2.24, 2.45) is 0 Å². The van der Waals surface area contributed by atoms with Gasteiger partial charge in [-0.3, -0.25) is 0 Å². The second-order valence-electron chi connectivity index (χ2n) is 5.11. The minimum atomic E-state index is -0.503. The Bertz CT molecular complexity index is 574. The van der Waals surface area contributed by atoms with Gasteiger partial charge in [0.2, 0.25) is 0 Å². The lowest BCUT2D eigenvalue weighted by atomic mass is 10.0. The molecule has 0 saturated carbocycles. The summed E-state index contributed by atoms with van der Waals surface area (Å²) >= 11 is 6.03. The molecule has 0 unspecified atom stereocenters. The fourth-order valence-corrected chi connectivity index (χ4v) is 2.50. The number of halogens is 1. The van der Waals surface area contributed by atoms with Gasteiger partial charge in [-0.2, -0.15) is 0 Å². The molecular formula is C17H21ClNO2+. The number of aliphatic hydroxyl groups is 1. The molecule has 2 aromatic carbocycles. The van der Waals surface area contributed by atoms with E-state index in [1.807, 2.05) is 55.5 Å². The fraction of sp³-hybridized carbons (Fsp3) is 0.294. The van der Waals surface area contributed by atoms with Gasteiger partial charge in [-0.25, -0.2) is 0 Å². The maximum absolute atomic E-state index is 10.4. The Morgan fingerprint density at radius 3 is 2.57 bits per heavy atom. The molecule has 21 heavy (non-hydrogen) atoms. The normalized spacial score (nSPS) is 13.7. The molecule has 0 heterocycles. The van der Waals surface area contributed by atoms with Crippen molar-refractivity contribution in [2.75, 3.05) is 7.11 Å². The first-order valence-corrected chi connectivity index (χ1v) is 7.38. The van der Waals surface area contributed by atoms with Crippen molar-refractivity contribution in [3.63, 3.8) is 0 Å². The highest BCUT2D eigenvalue weighted by atomic mass is 35.5. The minimum absolute atomic E-state index is 0.0380. The molecule has 112 valence electrons. The quantitative estimate of drug-likeness (QED) is 0.861. The second kappa shape index (κ2) is 7.46. The van der Waals surface area contributed by atoms with Gasteiger partial charge in [-0.1, -0.05) is 41.9 Å². The molecule has 4 heteroatoms. The first-order chi connectivity index (χ1) is 10.1. The van der Waals surface area contributed by atoms with E-state index in [1.165, 1.54) is 0 Å². The molecule has 3 N–H and O–H groups in total. The average Bonchev–Trinajstić information content (AvgIpc) is 2.52. The monoisotopic (exact) mass is 306 g/mol. The van der Waals surface area contributed by atoms with E-state index < -0.39 is 6.10 Å². The summed E-state index contributed by atoms with van der Waals surface area (Å²) in [6, 6.07) is 15.3. The summed E-state index contributed by atoms with van der Waals surface area (Å²) in [5.74, 6) is 0.817. The summed E-state index contributed by atoms with van der Waals surface area (Å²) in [5, 5.41) is 13.1. The summed E-state index contributed by atoms with van der Waals surface area (Å²) < 4.78 is 5.34. The van der Waals surface area contributed by atoms with Gasteiger partial charge in [-0.05, 0) is 30.7 Å². The summed E-state index contributed by atoms with van der Waals surface area (Å²) in [7, 11) is 1.65. The Kier molecular flexibility index (Phi) is 5.62. The van der Waals surface area contributed by atoms with Gasteiger partial charge in [0.1, 0.15) is 24.4 Å². The van der Waals surface area contributed by atoms with Crippen LogP contribution in [0.2, 0.25) is 5.02 Å². The van der Waals surface area contributed by atoms with E-state index in [4.69, 9.17) is 16.3 Å². The molecule has 2 rings (SSSR count). The number of rotatable bonds is 6. The topological polar surface area (TPSA) is 46.1 Å². The molecule has 0 aliphatic carbocycles. The highest BCUT2D eigenvalue weighted by Gasteiger charge is 2.19. The lowest BCUT2D eigenvalue weighted by Crippen LogP contribution is -2.89. The minimum Gasteiger partial charge on any atom is -0.496 e.